The lowest BCUT2D eigenvalue weighted by Crippen LogP contribution is -2.28. The first-order valence-electron chi connectivity index (χ1n) is 7.14. The molecule has 0 radical (unpaired) electrons. The molecule has 3 nitrogen and oxygen atoms in total. The zero-order valence-corrected chi connectivity index (χ0v) is 11.4. The van der Waals surface area contributed by atoms with Crippen LogP contribution in [0.5, 0.6) is 0 Å². The van der Waals surface area contributed by atoms with Gasteiger partial charge in [0.25, 0.3) is 0 Å². The van der Waals surface area contributed by atoms with E-state index in [1.807, 2.05) is 0 Å². The van der Waals surface area contributed by atoms with Gasteiger partial charge in [0.2, 0.25) is 0 Å². The smallest absolute Gasteiger partial charge is 0.181 e. The van der Waals surface area contributed by atoms with E-state index in [2.05, 4.69) is 5.32 Å². The van der Waals surface area contributed by atoms with Gasteiger partial charge in [-0.15, -0.1) is 0 Å². The number of anilines is 1. The molecular formula is C15H21F2NO2. The van der Waals surface area contributed by atoms with E-state index in [0.29, 0.717) is 0 Å². The normalized spacial score (nSPS) is 17.9. The van der Waals surface area contributed by atoms with Gasteiger partial charge in [-0.1, -0.05) is 25.3 Å². The quantitative estimate of drug-likeness (QED) is 0.844. The second kappa shape index (κ2) is 7.55. The molecule has 0 bridgehead atoms. The minimum absolute atomic E-state index is 0.0571. The third-order valence-electron chi connectivity index (χ3n) is 3.56. The predicted molar refractivity (Wildman–Crippen MR) is 73.7 cm³/mol. The maximum Gasteiger partial charge on any atom is 0.181 e. The van der Waals surface area contributed by atoms with Crippen LogP contribution in [0.2, 0.25) is 0 Å². The fourth-order valence-electron chi connectivity index (χ4n) is 2.41. The molecule has 1 aromatic carbocycles. The van der Waals surface area contributed by atoms with Gasteiger partial charge in [0.1, 0.15) is 0 Å². The molecule has 0 aliphatic heterocycles. The highest BCUT2D eigenvalue weighted by atomic mass is 19.2. The highest BCUT2D eigenvalue weighted by molar-refractivity contribution is 5.44. The Bertz CT molecular complexity index is 422. The Labute approximate surface area is 117 Å². The Balaban J connectivity index is 1.71. The number of halogens is 2. The monoisotopic (exact) mass is 285 g/mol. The molecule has 2 rings (SSSR count). The molecule has 5 heteroatoms. The van der Waals surface area contributed by atoms with Gasteiger partial charge in [0.15, 0.2) is 11.6 Å². The van der Waals surface area contributed by atoms with Gasteiger partial charge in [-0.3, -0.25) is 0 Å². The summed E-state index contributed by atoms with van der Waals surface area (Å²) >= 11 is 0. The van der Waals surface area contributed by atoms with E-state index in [4.69, 9.17) is 4.74 Å². The number of hydrogen-bond donors (Lipinski definition) is 2. The van der Waals surface area contributed by atoms with Crippen LogP contribution in [0.3, 0.4) is 0 Å². The molecule has 0 aromatic heterocycles. The number of hydrogen-bond acceptors (Lipinski definition) is 3. The van der Waals surface area contributed by atoms with E-state index < -0.39 is 17.7 Å². The fraction of sp³-hybridized carbons (Fsp3) is 0.600. The van der Waals surface area contributed by atoms with Gasteiger partial charge in [0.05, 0.1) is 24.5 Å². The number of aliphatic hydroxyl groups excluding tert-OH is 1. The van der Waals surface area contributed by atoms with Gasteiger partial charge in [-0.05, 0) is 25.0 Å². The van der Waals surface area contributed by atoms with Crippen molar-refractivity contribution in [1.29, 1.82) is 0 Å². The summed E-state index contributed by atoms with van der Waals surface area (Å²) in [5.41, 5.74) is 0.0571. The van der Waals surface area contributed by atoms with E-state index in [0.717, 1.165) is 18.9 Å². The summed E-state index contributed by atoms with van der Waals surface area (Å²) < 4.78 is 32.0. The van der Waals surface area contributed by atoms with Crippen LogP contribution in [-0.2, 0) is 4.74 Å². The Morgan fingerprint density at radius 3 is 2.75 bits per heavy atom. The van der Waals surface area contributed by atoms with E-state index in [9.17, 15) is 13.9 Å². The Hall–Kier alpha value is -1.20. The molecule has 1 saturated carbocycles. The summed E-state index contributed by atoms with van der Waals surface area (Å²) in [5, 5.41) is 12.5. The summed E-state index contributed by atoms with van der Waals surface area (Å²) in [5.74, 6) is -1.82. The standard InChI is InChI=1S/C15H21F2NO2/c16-13-7-4-8-14(15(13)17)18-9-11(19)10-20-12-5-2-1-3-6-12/h4,7-8,11-12,18-19H,1-3,5-6,9-10H2. The second-order valence-corrected chi connectivity index (χ2v) is 5.23. The molecule has 1 fully saturated rings. The van der Waals surface area contributed by atoms with Gasteiger partial charge >= 0.3 is 0 Å². The van der Waals surface area contributed by atoms with Crippen molar-refractivity contribution < 1.29 is 18.6 Å². The summed E-state index contributed by atoms with van der Waals surface area (Å²) in [4.78, 5) is 0. The average Bonchev–Trinajstić information content (AvgIpc) is 2.48. The third-order valence-corrected chi connectivity index (χ3v) is 3.56. The van der Waals surface area contributed by atoms with Gasteiger partial charge in [-0.2, -0.15) is 0 Å². The van der Waals surface area contributed by atoms with Crippen molar-refractivity contribution in [3.05, 3.63) is 29.8 Å². The lowest BCUT2D eigenvalue weighted by atomic mass is 9.98. The molecule has 1 aliphatic carbocycles. The minimum Gasteiger partial charge on any atom is -0.389 e. The molecule has 2 N–H and O–H groups in total. The highest BCUT2D eigenvalue weighted by Crippen LogP contribution is 2.20. The first-order valence-corrected chi connectivity index (χ1v) is 7.14. The number of rotatable bonds is 6. The molecule has 1 atom stereocenters. The number of aliphatic hydroxyl groups is 1. The third kappa shape index (κ3) is 4.42. The Morgan fingerprint density at radius 2 is 2.00 bits per heavy atom. The molecule has 0 spiro atoms. The first-order chi connectivity index (χ1) is 9.66. The van der Waals surface area contributed by atoms with Crippen LogP contribution >= 0.6 is 0 Å². The van der Waals surface area contributed by atoms with Crippen LogP contribution in [0.25, 0.3) is 0 Å². The molecule has 1 aromatic rings. The van der Waals surface area contributed by atoms with Crippen molar-refractivity contribution >= 4 is 5.69 Å². The van der Waals surface area contributed by atoms with Gasteiger partial charge in [0, 0.05) is 6.54 Å². The number of nitrogens with one attached hydrogen (secondary N) is 1. The number of benzene rings is 1. The van der Waals surface area contributed by atoms with Crippen LogP contribution in [0, 0.1) is 11.6 Å². The molecule has 20 heavy (non-hydrogen) atoms. The zero-order valence-electron chi connectivity index (χ0n) is 11.4. The van der Waals surface area contributed by atoms with E-state index in [1.165, 1.54) is 31.4 Å². The van der Waals surface area contributed by atoms with Gasteiger partial charge in [-0.25, -0.2) is 8.78 Å². The van der Waals surface area contributed by atoms with Gasteiger partial charge < -0.3 is 15.2 Å². The second-order valence-electron chi connectivity index (χ2n) is 5.23. The first kappa shape index (κ1) is 15.2. The van der Waals surface area contributed by atoms with Crippen LogP contribution in [0.15, 0.2) is 18.2 Å². The summed E-state index contributed by atoms with van der Waals surface area (Å²) in [6.45, 7) is 0.349. The molecule has 1 unspecified atom stereocenters. The Kier molecular flexibility index (Phi) is 5.73. The lowest BCUT2D eigenvalue weighted by molar-refractivity contribution is -0.0195. The molecule has 0 amide bonds. The van der Waals surface area contributed by atoms with Crippen molar-refractivity contribution in [2.75, 3.05) is 18.5 Å². The predicted octanol–water partition coefficient (Wildman–Crippen LogP) is 3.09. The lowest BCUT2D eigenvalue weighted by Gasteiger charge is -2.23. The SMILES string of the molecule is OC(CNc1cccc(F)c1F)COC1CCCCC1. The van der Waals surface area contributed by atoms with E-state index in [-0.39, 0.29) is 24.9 Å². The fourth-order valence-corrected chi connectivity index (χ4v) is 2.41. The van der Waals surface area contributed by atoms with Crippen molar-refractivity contribution in [1.82, 2.24) is 0 Å². The molecular weight excluding hydrogens is 264 g/mol. The van der Waals surface area contributed by atoms with Crippen molar-refractivity contribution in [2.24, 2.45) is 0 Å². The van der Waals surface area contributed by atoms with Crippen molar-refractivity contribution in [3.8, 4) is 0 Å². The average molecular weight is 285 g/mol. The summed E-state index contributed by atoms with van der Waals surface area (Å²) in [6.07, 6.45) is 5.17. The van der Waals surface area contributed by atoms with E-state index in [1.54, 1.807) is 0 Å². The Morgan fingerprint density at radius 1 is 1.25 bits per heavy atom. The minimum atomic E-state index is -0.923. The van der Waals surface area contributed by atoms with Crippen molar-refractivity contribution in [3.63, 3.8) is 0 Å². The summed E-state index contributed by atoms with van der Waals surface area (Å²) in [6, 6.07) is 3.92. The van der Waals surface area contributed by atoms with Crippen LogP contribution in [-0.4, -0.2) is 30.5 Å². The maximum absolute atomic E-state index is 13.4. The molecule has 1 aliphatic rings. The molecule has 0 saturated heterocycles. The largest absolute Gasteiger partial charge is 0.389 e. The highest BCUT2D eigenvalue weighted by Gasteiger charge is 2.16. The molecule has 112 valence electrons. The van der Waals surface area contributed by atoms with Crippen molar-refractivity contribution in [2.45, 2.75) is 44.3 Å². The number of ether oxygens (including phenoxy) is 1. The van der Waals surface area contributed by atoms with Crippen LogP contribution < -0.4 is 5.32 Å². The van der Waals surface area contributed by atoms with Crippen LogP contribution in [0.1, 0.15) is 32.1 Å². The van der Waals surface area contributed by atoms with E-state index >= 15 is 0 Å². The molecule has 0 heterocycles. The topological polar surface area (TPSA) is 41.5 Å². The zero-order chi connectivity index (χ0) is 14.4. The summed E-state index contributed by atoms with van der Waals surface area (Å²) in [7, 11) is 0. The maximum atomic E-state index is 13.4. The van der Waals surface area contributed by atoms with Crippen LogP contribution in [0.4, 0.5) is 14.5 Å².